The first-order valence-corrected chi connectivity index (χ1v) is 6.30. The van der Waals surface area contributed by atoms with Crippen LogP contribution in [0.25, 0.3) is 10.3 Å². The number of aromatic nitrogens is 2. The molecule has 5 heteroatoms. The average Bonchev–Trinajstić information content (AvgIpc) is 2.67. The Morgan fingerprint density at radius 3 is 2.71 bits per heavy atom. The number of aryl methyl sites for hydroxylation is 1. The second-order valence-electron chi connectivity index (χ2n) is 4.40. The van der Waals surface area contributed by atoms with Crippen molar-refractivity contribution in [3.05, 3.63) is 16.8 Å². The van der Waals surface area contributed by atoms with Gasteiger partial charge >= 0.3 is 0 Å². The van der Waals surface area contributed by atoms with E-state index in [0.29, 0.717) is 0 Å². The minimum atomic E-state index is -0.389. The Labute approximate surface area is 105 Å². The van der Waals surface area contributed by atoms with Gasteiger partial charge in [-0.1, -0.05) is 11.3 Å². The predicted molar refractivity (Wildman–Crippen MR) is 71.7 cm³/mol. The number of anilines is 1. The molecule has 0 aliphatic heterocycles. The minimum absolute atomic E-state index is 0.389. The van der Waals surface area contributed by atoms with E-state index in [4.69, 9.17) is 4.74 Å². The van der Waals surface area contributed by atoms with Gasteiger partial charge in [-0.2, -0.15) is 0 Å². The van der Waals surface area contributed by atoms with Crippen LogP contribution in [0.15, 0.2) is 6.20 Å². The van der Waals surface area contributed by atoms with Crippen LogP contribution in [0.3, 0.4) is 0 Å². The van der Waals surface area contributed by atoms with Crippen molar-refractivity contribution < 1.29 is 4.74 Å². The van der Waals surface area contributed by atoms with Crippen molar-refractivity contribution in [2.24, 2.45) is 0 Å². The predicted octanol–water partition coefficient (Wildman–Crippen LogP) is 2.92. The van der Waals surface area contributed by atoms with Crippen LogP contribution in [0.4, 0.5) is 5.69 Å². The summed E-state index contributed by atoms with van der Waals surface area (Å²) < 4.78 is 5.58. The summed E-state index contributed by atoms with van der Waals surface area (Å²) in [6.45, 7) is 6.07. The van der Waals surface area contributed by atoms with E-state index in [0.717, 1.165) is 26.6 Å². The number of pyridine rings is 1. The zero-order valence-electron chi connectivity index (χ0n) is 10.8. The third kappa shape index (κ3) is 2.00. The highest BCUT2D eigenvalue weighted by Gasteiger charge is 2.27. The number of rotatable bonds is 3. The average molecular weight is 251 g/mol. The molecule has 17 heavy (non-hydrogen) atoms. The molecule has 0 amide bonds. The SMILES string of the molecule is CNc1cnc2sc(C)nc2c1C(C)(C)OC. The van der Waals surface area contributed by atoms with Gasteiger partial charge in [-0.25, -0.2) is 9.97 Å². The Hall–Kier alpha value is -1.20. The van der Waals surface area contributed by atoms with E-state index in [1.807, 2.05) is 34.0 Å². The van der Waals surface area contributed by atoms with Gasteiger partial charge in [0.25, 0.3) is 0 Å². The Morgan fingerprint density at radius 2 is 2.12 bits per heavy atom. The van der Waals surface area contributed by atoms with Crippen LogP contribution in [0.2, 0.25) is 0 Å². The number of nitrogens with zero attached hydrogens (tertiary/aromatic N) is 2. The van der Waals surface area contributed by atoms with Gasteiger partial charge in [-0.15, -0.1) is 0 Å². The van der Waals surface area contributed by atoms with Gasteiger partial charge < -0.3 is 10.1 Å². The first kappa shape index (κ1) is 12.3. The van der Waals surface area contributed by atoms with Crippen LogP contribution in [-0.2, 0) is 10.3 Å². The number of hydrogen-bond acceptors (Lipinski definition) is 5. The lowest BCUT2D eigenvalue weighted by molar-refractivity contribution is 0.0209. The van der Waals surface area contributed by atoms with E-state index in [-0.39, 0.29) is 5.60 Å². The van der Waals surface area contributed by atoms with Gasteiger partial charge in [-0.3, -0.25) is 0 Å². The van der Waals surface area contributed by atoms with E-state index < -0.39 is 0 Å². The summed E-state index contributed by atoms with van der Waals surface area (Å²) >= 11 is 1.61. The summed E-state index contributed by atoms with van der Waals surface area (Å²) in [7, 11) is 3.60. The van der Waals surface area contributed by atoms with Crippen LogP contribution >= 0.6 is 11.3 Å². The lowest BCUT2D eigenvalue weighted by atomic mass is 9.96. The monoisotopic (exact) mass is 251 g/mol. The van der Waals surface area contributed by atoms with Crippen molar-refractivity contribution in [3.8, 4) is 0 Å². The summed E-state index contributed by atoms with van der Waals surface area (Å²) in [5.41, 5.74) is 2.58. The maximum absolute atomic E-state index is 5.58. The van der Waals surface area contributed by atoms with Crippen molar-refractivity contribution in [2.75, 3.05) is 19.5 Å². The lowest BCUT2D eigenvalue weighted by Gasteiger charge is -2.26. The molecule has 92 valence electrons. The molecule has 0 saturated carbocycles. The quantitative estimate of drug-likeness (QED) is 0.911. The Kier molecular flexibility index (Phi) is 3.05. The van der Waals surface area contributed by atoms with Crippen molar-refractivity contribution in [2.45, 2.75) is 26.4 Å². The molecule has 2 aromatic rings. The molecule has 2 aromatic heterocycles. The Bertz CT molecular complexity index is 548. The molecule has 0 aliphatic carbocycles. The second kappa shape index (κ2) is 4.23. The molecule has 0 aliphatic rings. The van der Waals surface area contributed by atoms with Crippen LogP contribution in [0.5, 0.6) is 0 Å². The van der Waals surface area contributed by atoms with Crippen molar-refractivity contribution >= 4 is 27.4 Å². The second-order valence-corrected chi connectivity index (χ2v) is 5.58. The molecule has 2 rings (SSSR count). The standard InChI is InChI=1S/C12H17N3OS/c1-7-15-10-9(12(2,3)16-5)8(13-4)6-14-11(10)17-7/h6,13H,1-5H3. The molecule has 0 fully saturated rings. The molecule has 2 heterocycles. The molecule has 0 spiro atoms. The summed E-state index contributed by atoms with van der Waals surface area (Å²) in [5.74, 6) is 0. The summed E-state index contributed by atoms with van der Waals surface area (Å²) in [6.07, 6.45) is 1.84. The topological polar surface area (TPSA) is 47.0 Å². The van der Waals surface area contributed by atoms with Crippen molar-refractivity contribution in [3.63, 3.8) is 0 Å². The van der Waals surface area contributed by atoms with E-state index in [1.54, 1.807) is 18.4 Å². The largest absolute Gasteiger partial charge is 0.386 e. The van der Waals surface area contributed by atoms with Gasteiger partial charge in [0.05, 0.1) is 22.5 Å². The number of ether oxygens (including phenoxy) is 1. The van der Waals surface area contributed by atoms with Gasteiger partial charge in [0, 0.05) is 19.7 Å². The van der Waals surface area contributed by atoms with Crippen LogP contribution < -0.4 is 5.32 Å². The third-order valence-electron chi connectivity index (χ3n) is 2.91. The number of nitrogens with one attached hydrogen (secondary N) is 1. The van der Waals surface area contributed by atoms with E-state index in [9.17, 15) is 0 Å². The maximum Gasteiger partial charge on any atom is 0.143 e. The third-order valence-corrected chi connectivity index (χ3v) is 3.79. The number of thiazole rings is 1. The van der Waals surface area contributed by atoms with Gasteiger partial charge in [0.2, 0.25) is 0 Å². The fourth-order valence-corrected chi connectivity index (χ4v) is 2.65. The first-order chi connectivity index (χ1) is 7.99. The van der Waals surface area contributed by atoms with Gasteiger partial charge in [0.1, 0.15) is 10.3 Å². The van der Waals surface area contributed by atoms with Crippen molar-refractivity contribution in [1.29, 1.82) is 0 Å². The van der Waals surface area contributed by atoms with E-state index >= 15 is 0 Å². The Balaban J connectivity index is 2.79. The number of fused-ring (bicyclic) bond motifs is 1. The molecule has 1 N–H and O–H groups in total. The minimum Gasteiger partial charge on any atom is -0.386 e. The highest BCUT2D eigenvalue weighted by molar-refractivity contribution is 7.18. The zero-order chi connectivity index (χ0) is 12.6. The fraction of sp³-hybridized carbons (Fsp3) is 0.500. The zero-order valence-corrected chi connectivity index (χ0v) is 11.6. The summed E-state index contributed by atoms with van der Waals surface area (Å²) in [5, 5.41) is 4.18. The summed E-state index contributed by atoms with van der Waals surface area (Å²) in [6, 6.07) is 0. The van der Waals surface area contributed by atoms with Crippen LogP contribution in [-0.4, -0.2) is 24.1 Å². The van der Waals surface area contributed by atoms with E-state index in [2.05, 4.69) is 15.3 Å². The lowest BCUT2D eigenvalue weighted by Crippen LogP contribution is -2.22. The molecular formula is C12H17N3OS. The highest BCUT2D eigenvalue weighted by atomic mass is 32.1. The maximum atomic E-state index is 5.58. The molecule has 0 aromatic carbocycles. The molecule has 0 radical (unpaired) electrons. The highest BCUT2D eigenvalue weighted by Crippen LogP contribution is 2.36. The van der Waals surface area contributed by atoms with Gasteiger partial charge in [-0.05, 0) is 20.8 Å². The molecule has 0 unspecified atom stereocenters. The normalized spacial score (nSPS) is 12.1. The molecule has 0 atom stereocenters. The first-order valence-electron chi connectivity index (χ1n) is 5.49. The number of methoxy groups -OCH3 is 1. The number of hydrogen-bond donors (Lipinski definition) is 1. The molecular weight excluding hydrogens is 234 g/mol. The van der Waals surface area contributed by atoms with E-state index in [1.165, 1.54) is 0 Å². The fourth-order valence-electron chi connectivity index (χ4n) is 1.88. The molecule has 0 bridgehead atoms. The van der Waals surface area contributed by atoms with Crippen molar-refractivity contribution in [1.82, 2.24) is 9.97 Å². The van der Waals surface area contributed by atoms with Gasteiger partial charge in [0.15, 0.2) is 0 Å². The van der Waals surface area contributed by atoms with Crippen LogP contribution in [0, 0.1) is 6.92 Å². The molecule has 0 saturated heterocycles. The Morgan fingerprint density at radius 1 is 1.41 bits per heavy atom. The molecule has 4 nitrogen and oxygen atoms in total. The summed E-state index contributed by atoms with van der Waals surface area (Å²) in [4.78, 5) is 9.95. The smallest absolute Gasteiger partial charge is 0.143 e. The van der Waals surface area contributed by atoms with Crippen LogP contribution in [0.1, 0.15) is 24.4 Å².